The molecule has 3 N–H and O–H groups in total. The van der Waals surface area contributed by atoms with Crippen molar-refractivity contribution >= 4 is 23.7 Å². The molecule has 45 heavy (non-hydrogen) atoms. The molecule has 2 saturated heterocycles. The third-order valence-electron chi connectivity index (χ3n) is 8.68. The monoisotopic (exact) mass is 620 g/mol. The lowest BCUT2D eigenvalue weighted by Gasteiger charge is -2.35. The van der Waals surface area contributed by atoms with E-state index in [1.165, 1.54) is 0 Å². The molecule has 3 amide bonds. The Morgan fingerprint density at radius 2 is 1.62 bits per heavy atom. The van der Waals surface area contributed by atoms with Crippen molar-refractivity contribution in [2.75, 3.05) is 26.7 Å². The first kappa shape index (κ1) is 34.1. The number of carbonyl (C=O) groups is 4. The van der Waals surface area contributed by atoms with Gasteiger partial charge >= 0.3 is 6.09 Å². The molecule has 244 valence electrons. The van der Waals surface area contributed by atoms with Gasteiger partial charge in [0.1, 0.15) is 23.2 Å². The van der Waals surface area contributed by atoms with Crippen LogP contribution in [0.3, 0.4) is 0 Å². The van der Waals surface area contributed by atoms with Crippen LogP contribution in [0, 0.1) is 5.41 Å². The number of ketones is 1. The number of nitrogens with zero attached hydrogens (tertiary/aromatic N) is 1. The average molecular weight is 621 g/mol. The van der Waals surface area contributed by atoms with Crippen LogP contribution in [0.25, 0.3) is 0 Å². The number of likely N-dealkylation sites (N-methyl/N-ethyl adjacent to an activating group) is 1. The van der Waals surface area contributed by atoms with Crippen molar-refractivity contribution in [1.82, 2.24) is 20.9 Å². The molecule has 3 unspecified atom stereocenters. The van der Waals surface area contributed by atoms with Gasteiger partial charge in [-0.3, -0.25) is 14.4 Å². The quantitative estimate of drug-likeness (QED) is 0.367. The van der Waals surface area contributed by atoms with Crippen LogP contribution in [-0.4, -0.2) is 78.6 Å². The second-order valence-electron chi connectivity index (χ2n) is 13.7. The van der Waals surface area contributed by atoms with Gasteiger partial charge in [-0.1, -0.05) is 60.7 Å². The maximum Gasteiger partial charge on any atom is 0.408 e. The van der Waals surface area contributed by atoms with Crippen molar-refractivity contribution in [3.63, 3.8) is 0 Å². The van der Waals surface area contributed by atoms with E-state index in [0.29, 0.717) is 19.4 Å². The van der Waals surface area contributed by atoms with Crippen molar-refractivity contribution in [2.45, 2.75) is 89.6 Å². The standard InChI is InChI=1S/C35H48N4O6/c1-33(2,3)45-32(43)38-34(4,5)30(41)37-26(23-44-22-24-14-9-7-10-15-24)29(40)28-27(25-16-11-8-12-17-25)35(31(42)39(28)6)18-13-20-36-21-19-35/h7-12,14-17,26-28,36H,13,18-23H2,1-6H3,(H,37,41)(H,38,43)/t26-,27?,28?,35?/m1/s1. The van der Waals surface area contributed by atoms with E-state index in [4.69, 9.17) is 9.47 Å². The third-order valence-corrected chi connectivity index (χ3v) is 8.68. The second-order valence-corrected chi connectivity index (χ2v) is 13.7. The number of hydrogen-bond donors (Lipinski definition) is 3. The van der Waals surface area contributed by atoms with Crippen LogP contribution < -0.4 is 16.0 Å². The number of amides is 3. The van der Waals surface area contributed by atoms with Crippen LogP contribution >= 0.6 is 0 Å². The molecule has 4 rings (SSSR count). The summed E-state index contributed by atoms with van der Waals surface area (Å²) in [6.45, 7) is 9.90. The average Bonchev–Trinajstić information content (AvgIpc) is 3.12. The van der Waals surface area contributed by atoms with Crippen molar-refractivity contribution in [3.8, 4) is 0 Å². The first-order valence-electron chi connectivity index (χ1n) is 15.8. The number of Topliss-reactive ketones (excluding diaryl/α,β-unsaturated/α-hetero) is 1. The van der Waals surface area contributed by atoms with Gasteiger partial charge in [0.2, 0.25) is 11.8 Å². The van der Waals surface area contributed by atoms with Crippen LogP contribution in [0.2, 0.25) is 0 Å². The number of carbonyl (C=O) groups excluding carboxylic acids is 4. The predicted molar refractivity (Wildman–Crippen MR) is 171 cm³/mol. The summed E-state index contributed by atoms with van der Waals surface area (Å²) >= 11 is 0. The summed E-state index contributed by atoms with van der Waals surface area (Å²) in [5.74, 6) is -1.36. The van der Waals surface area contributed by atoms with Crippen LogP contribution in [-0.2, 0) is 30.5 Å². The number of likely N-dealkylation sites (tertiary alicyclic amines) is 1. The van der Waals surface area contributed by atoms with Gasteiger partial charge in [-0.2, -0.15) is 0 Å². The summed E-state index contributed by atoms with van der Waals surface area (Å²) in [4.78, 5) is 56.7. The van der Waals surface area contributed by atoms with Gasteiger partial charge in [0, 0.05) is 13.0 Å². The van der Waals surface area contributed by atoms with Gasteiger partial charge in [-0.05, 0) is 78.1 Å². The van der Waals surface area contributed by atoms with Gasteiger partial charge in [0.25, 0.3) is 0 Å². The van der Waals surface area contributed by atoms with E-state index in [1.54, 1.807) is 46.6 Å². The van der Waals surface area contributed by atoms with Crippen LogP contribution in [0.4, 0.5) is 4.79 Å². The Labute approximate surface area is 266 Å². The largest absolute Gasteiger partial charge is 0.444 e. The third kappa shape index (κ3) is 8.10. The van der Waals surface area contributed by atoms with E-state index >= 15 is 0 Å². The fraction of sp³-hybridized carbons (Fsp3) is 0.543. The van der Waals surface area contributed by atoms with Gasteiger partial charge in [-0.25, -0.2) is 4.79 Å². The van der Waals surface area contributed by atoms with Gasteiger partial charge in [0.15, 0.2) is 5.78 Å². The van der Waals surface area contributed by atoms with E-state index in [1.807, 2.05) is 60.7 Å². The lowest BCUT2D eigenvalue weighted by Crippen LogP contribution is -2.60. The summed E-state index contributed by atoms with van der Waals surface area (Å²) in [6.07, 6.45) is 1.32. The van der Waals surface area contributed by atoms with Crippen LogP contribution in [0.1, 0.15) is 70.9 Å². The van der Waals surface area contributed by atoms with Gasteiger partial charge in [0.05, 0.1) is 18.6 Å². The van der Waals surface area contributed by atoms with E-state index in [0.717, 1.165) is 24.1 Å². The molecule has 2 aliphatic rings. The topological polar surface area (TPSA) is 126 Å². The molecule has 0 saturated carbocycles. The van der Waals surface area contributed by atoms with Crippen LogP contribution in [0.5, 0.6) is 0 Å². The predicted octanol–water partition coefficient (Wildman–Crippen LogP) is 3.94. The lowest BCUT2D eigenvalue weighted by molar-refractivity contribution is -0.139. The Bertz CT molecular complexity index is 1330. The fourth-order valence-electron chi connectivity index (χ4n) is 6.49. The van der Waals surface area contributed by atoms with Gasteiger partial charge in [-0.15, -0.1) is 0 Å². The summed E-state index contributed by atoms with van der Waals surface area (Å²) in [5.41, 5.74) is -1.09. The van der Waals surface area contributed by atoms with Crippen molar-refractivity contribution in [1.29, 1.82) is 0 Å². The molecular weight excluding hydrogens is 572 g/mol. The molecule has 2 aromatic carbocycles. The molecule has 2 fully saturated rings. The summed E-state index contributed by atoms with van der Waals surface area (Å²) in [7, 11) is 1.69. The Balaban J connectivity index is 1.65. The molecule has 2 aromatic rings. The zero-order valence-electron chi connectivity index (χ0n) is 27.4. The van der Waals surface area contributed by atoms with Crippen molar-refractivity contribution in [2.24, 2.45) is 5.41 Å². The van der Waals surface area contributed by atoms with E-state index in [-0.39, 0.29) is 24.9 Å². The maximum atomic E-state index is 14.7. The number of ether oxygens (including phenoxy) is 2. The fourth-order valence-corrected chi connectivity index (χ4v) is 6.49. The molecule has 10 heteroatoms. The minimum Gasteiger partial charge on any atom is -0.444 e. The highest BCUT2D eigenvalue weighted by molar-refractivity contribution is 6.01. The Morgan fingerprint density at radius 1 is 0.978 bits per heavy atom. The lowest BCUT2D eigenvalue weighted by atomic mass is 9.66. The zero-order valence-corrected chi connectivity index (χ0v) is 27.4. The summed E-state index contributed by atoms with van der Waals surface area (Å²) in [6, 6.07) is 17.4. The number of rotatable bonds is 10. The molecule has 2 heterocycles. The maximum absolute atomic E-state index is 14.7. The minimum absolute atomic E-state index is 0.0550. The smallest absolute Gasteiger partial charge is 0.408 e. The first-order valence-corrected chi connectivity index (χ1v) is 15.8. The molecule has 0 aromatic heterocycles. The number of alkyl carbamates (subject to hydrolysis) is 1. The SMILES string of the molecule is CN1C(=O)C2(CCCNCC2)C(c2ccccc2)C1C(=O)[C@@H](COCc1ccccc1)NC(=O)C(C)(C)NC(=O)OC(C)(C)C. The molecule has 1 spiro atoms. The Hall–Kier alpha value is -3.76. The van der Waals surface area contributed by atoms with E-state index < -0.39 is 46.6 Å². The molecular formula is C35H48N4O6. The summed E-state index contributed by atoms with van der Waals surface area (Å²) in [5, 5.41) is 8.89. The van der Waals surface area contributed by atoms with E-state index in [9.17, 15) is 19.2 Å². The number of hydrogen-bond acceptors (Lipinski definition) is 7. The highest BCUT2D eigenvalue weighted by Gasteiger charge is 2.60. The van der Waals surface area contributed by atoms with Crippen LogP contribution in [0.15, 0.2) is 60.7 Å². The molecule has 0 bridgehead atoms. The molecule has 0 radical (unpaired) electrons. The highest BCUT2D eigenvalue weighted by atomic mass is 16.6. The van der Waals surface area contributed by atoms with Crippen molar-refractivity contribution < 1.29 is 28.7 Å². The Kier molecular flexibility index (Phi) is 10.7. The first-order chi connectivity index (χ1) is 21.2. The summed E-state index contributed by atoms with van der Waals surface area (Å²) < 4.78 is 11.4. The van der Waals surface area contributed by atoms with Crippen molar-refractivity contribution in [3.05, 3.63) is 71.8 Å². The number of benzene rings is 2. The molecule has 4 atom stereocenters. The minimum atomic E-state index is -1.41. The number of nitrogens with one attached hydrogen (secondary N) is 3. The molecule has 0 aliphatic carbocycles. The van der Waals surface area contributed by atoms with Gasteiger partial charge < -0.3 is 30.3 Å². The van der Waals surface area contributed by atoms with E-state index in [2.05, 4.69) is 16.0 Å². The molecule has 10 nitrogen and oxygen atoms in total. The normalized spacial score (nSPS) is 22.9. The molecule has 2 aliphatic heterocycles. The Morgan fingerprint density at radius 3 is 2.27 bits per heavy atom. The second kappa shape index (κ2) is 14.1. The zero-order chi connectivity index (χ0) is 32.8. The highest BCUT2D eigenvalue weighted by Crippen LogP contribution is 2.53.